The predicted molar refractivity (Wildman–Crippen MR) is 128 cm³/mol. The monoisotopic (exact) mass is 482 g/mol. The van der Waals surface area contributed by atoms with Gasteiger partial charge in [0.05, 0.1) is 7.11 Å². The third kappa shape index (κ3) is 6.17. The van der Waals surface area contributed by atoms with Crippen molar-refractivity contribution in [3.05, 3.63) is 59.7 Å². The first-order valence-corrected chi connectivity index (χ1v) is 11.4. The van der Waals surface area contributed by atoms with E-state index in [1.54, 1.807) is 13.8 Å². The number of ether oxygens (including phenoxy) is 2. The molecule has 0 saturated carbocycles. The minimum Gasteiger partial charge on any atom is -0.480 e. The lowest BCUT2D eigenvalue weighted by Crippen LogP contribution is -2.46. The molecule has 1 aliphatic rings. The van der Waals surface area contributed by atoms with E-state index in [-0.39, 0.29) is 31.3 Å². The van der Waals surface area contributed by atoms with E-state index in [0.717, 1.165) is 22.3 Å². The molecule has 1 aliphatic carbocycles. The van der Waals surface area contributed by atoms with Gasteiger partial charge in [-0.1, -0.05) is 62.4 Å². The minimum absolute atomic E-state index is 0.0435. The Hall–Kier alpha value is -3.88. The van der Waals surface area contributed by atoms with Crippen molar-refractivity contribution in [2.24, 2.45) is 5.92 Å². The predicted octanol–water partition coefficient (Wildman–Crippen LogP) is 3.07. The number of carbonyl (C=O) groups is 4. The van der Waals surface area contributed by atoms with Crippen molar-refractivity contribution in [3.63, 3.8) is 0 Å². The number of hydrogen-bond acceptors (Lipinski definition) is 6. The van der Waals surface area contributed by atoms with Crippen LogP contribution in [0.15, 0.2) is 48.5 Å². The number of carbonyl (C=O) groups excluding carboxylic acids is 3. The first-order chi connectivity index (χ1) is 16.7. The Labute approximate surface area is 203 Å². The Bertz CT molecular complexity index is 1050. The molecule has 1 unspecified atom stereocenters. The molecule has 3 N–H and O–H groups in total. The van der Waals surface area contributed by atoms with E-state index in [4.69, 9.17) is 4.74 Å². The molecule has 0 saturated heterocycles. The van der Waals surface area contributed by atoms with Gasteiger partial charge in [0.15, 0.2) is 0 Å². The summed E-state index contributed by atoms with van der Waals surface area (Å²) in [6.45, 7) is 3.54. The summed E-state index contributed by atoms with van der Waals surface area (Å²) in [4.78, 5) is 48.1. The molecule has 0 radical (unpaired) electrons. The van der Waals surface area contributed by atoms with Crippen LogP contribution in [0.4, 0.5) is 4.79 Å². The highest BCUT2D eigenvalue weighted by Crippen LogP contribution is 2.44. The maximum Gasteiger partial charge on any atom is 0.407 e. The zero-order valence-electron chi connectivity index (χ0n) is 19.9. The van der Waals surface area contributed by atoms with Crippen molar-refractivity contribution >= 4 is 23.9 Å². The summed E-state index contributed by atoms with van der Waals surface area (Å²) in [6.07, 6.45) is -1.26. The van der Waals surface area contributed by atoms with Crippen molar-refractivity contribution in [3.8, 4) is 11.1 Å². The van der Waals surface area contributed by atoms with Gasteiger partial charge in [-0.2, -0.15) is 0 Å². The maximum absolute atomic E-state index is 12.4. The third-order valence-corrected chi connectivity index (χ3v) is 6.03. The van der Waals surface area contributed by atoms with Gasteiger partial charge in [0.2, 0.25) is 5.91 Å². The maximum atomic E-state index is 12.4. The zero-order valence-corrected chi connectivity index (χ0v) is 19.9. The molecule has 0 fully saturated rings. The van der Waals surface area contributed by atoms with E-state index in [1.165, 1.54) is 7.11 Å². The highest BCUT2D eigenvalue weighted by molar-refractivity contribution is 5.86. The van der Waals surface area contributed by atoms with Gasteiger partial charge in [-0.3, -0.25) is 4.79 Å². The molecule has 35 heavy (non-hydrogen) atoms. The number of fused-ring (bicyclic) bond motifs is 3. The largest absolute Gasteiger partial charge is 0.480 e. The van der Waals surface area contributed by atoms with Crippen LogP contribution in [-0.4, -0.2) is 54.8 Å². The zero-order chi connectivity index (χ0) is 25.5. The third-order valence-electron chi connectivity index (χ3n) is 6.03. The molecule has 0 spiro atoms. The molecule has 3 rings (SSSR count). The summed E-state index contributed by atoms with van der Waals surface area (Å²) < 4.78 is 10.1. The number of carboxylic acid groups (broad SMARTS) is 1. The summed E-state index contributed by atoms with van der Waals surface area (Å²) in [5.74, 6) is -2.76. The van der Waals surface area contributed by atoms with Crippen molar-refractivity contribution in [1.29, 1.82) is 0 Å². The molecule has 9 nitrogen and oxygen atoms in total. The van der Waals surface area contributed by atoms with Crippen LogP contribution in [-0.2, 0) is 23.9 Å². The van der Waals surface area contributed by atoms with Gasteiger partial charge in [0, 0.05) is 12.3 Å². The molecule has 0 heterocycles. The van der Waals surface area contributed by atoms with Crippen LogP contribution in [0, 0.1) is 5.92 Å². The van der Waals surface area contributed by atoms with Gasteiger partial charge in [-0.25, -0.2) is 14.4 Å². The summed E-state index contributed by atoms with van der Waals surface area (Å²) in [6, 6.07) is 13.6. The van der Waals surface area contributed by atoms with Crippen LogP contribution in [0.25, 0.3) is 11.1 Å². The van der Waals surface area contributed by atoms with E-state index in [9.17, 15) is 24.3 Å². The van der Waals surface area contributed by atoms with E-state index < -0.39 is 36.0 Å². The molecule has 0 aliphatic heterocycles. The van der Waals surface area contributed by atoms with Crippen molar-refractivity contribution < 1.29 is 33.8 Å². The molecule has 2 aromatic rings. The van der Waals surface area contributed by atoms with Crippen LogP contribution in [0.3, 0.4) is 0 Å². The number of esters is 1. The van der Waals surface area contributed by atoms with Crippen LogP contribution in [0.1, 0.15) is 43.7 Å². The number of aliphatic carboxylic acids is 1. The lowest BCUT2D eigenvalue weighted by Gasteiger charge is -2.20. The fourth-order valence-electron chi connectivity index (χ4n) is 4.19. The Morgan fingerprint density at radius 2 is 1.51 bits per heavy atom. The first kappa shape index (κ1) is 25.7. The average molecular weight is 483 g/mol. The number of carboxylic acids is 1. The molecule has 2 atom stereocenters. The lowest BCUT2D eigenvalue weighted by atomic mass is 9.98. The Morgan fingerprint density at radius 3 is 2.03 bits per heavy atom. The van der Waals surface area contributed by atoms with Crippen LogP contribution >= 0.6 is 0 Å². The molecule has 2 amide bonds. The topological polar surface area (TPSA) is 131 Å². The summed E-state index contributed by atoms with van der Waals surface area (Å²) >= 11 is 0. The molecule has 186 valence electrons. The first-order valence-electron chi connectivity index (χ1n) is 11.4. The van der Waals surface area contributed by atoms with Gasteiger partial charge >= 0.3 is 18.0 Å². The van der Waals surface area contributed by atoms with Crippen LogP contribution in [0.2, 0.25) is 0 Å². The number of alkyl carbamates (subject to hydrolysis) is 1. The number of nitrogens with one attached hydrogen (secondary N) is 2. The Morgan fingerprint density at radius 1 is 0.943 bits per heavy atom. The van der Waals surface area contributed by atoms with Gasteiger partial charge in [0.1, 0.15) is 18.7 Å². The normalized spacial score (nSPS) is 13.8. The highest BCUT2D eigenvalue weighted by atomic mass is 16.5. The lowest BCUT2D eigenvalue weighted by molar-refractivity contribution is -0.146. The summed E-state index contributed by atoms with van der Waals surface area (Å²) in [5, 5.41) is 14.4. The number of rotatable bonds is 10. The molecule has 2 aromatic carbocycles. The second-order valence-electron chi connectivity index (χ2n) is 8.71. The molecule has 0 bridgehead atoms. The summed E-state index contributed by atoms with van der Waals surface area (Å²) in [5.41, 5.74) is 4.24. The molecule has 0 aromatic heterocycles. The van der Waals surface area contributed by atoms with Crippen LogP contribution in [0.5, 0.6) is 0 Å². The van der Waals surface area contributed by atoms with E-state index >= 15 is 0 Å². The number of amides is 2. The minimum atomic E-state index is -1.33. The van der Waals surface area contributed by atoms with Gasteiger partial charge in [-0.05, 0) is 34.6 Å². The van der Waals surface area contributed by atoms with Crippen LogP contribution < -0.4 is 10.6 Å². The van der Waals surface area contributed by atoms with E-state index in [2.05, 4.69) is 15.4 Å². The van der Waals surface area contributed by atoms with Gasteiger partial charge < -0.3 is 25.2 Å². The second-order valence-corrected chi connectivity index (χ2v) is 8.71. The fourth-order valence-corrected chi connectivity index (χ4v) is 4.19. The quantitative estimate of drug-likeness (QED) is 0.444. The molecule has 9 heteroatoms. The Kier molecular flexibility index (Phi) is 8.46. The SMILES string of the molecule is COC(=O)[C@@H](NC(=O)CCC(NC(=O)OCC1c2ccccc2-c2ccccc21)C(=O)O)C(C)C. The van der Waals surface area contributed by atoms with Crippen molar-refractivity contribution in [2.75, 3.05) is 13.7 Å². The van der Waals surface area contributed by atoms with E-state index in [0.29, 0.717) is 0 Å². The molecular weight excluding hydrogens is 452 g/mol. The number of methoxy groups -OCH3 is 1. The average Bonchev–Trinajstić information content (AvgIpc) is 3.16. The van der Waals surface area contributed by atoms with Gasteiger partial charge in [-0.15, -0.1) is 0 Å². The van der Waals surface area contributed by atoms with Gasteiger partial charge in [0.25, 0.3) is 0 Å². The van der Waals surface area contributed by atoms with Crippen molar-refractivity contribution in [1.82, 2.24) is 10.6 Å². The standard InChI is InChI=1S/C26H30N2O7/c1-15(2)23(25(32)34-3)28-22(29)13-12-21(24(30)31)27-26(33)35-14-20-18-10-6-4-8-16(18)17-9-5-7-11-19(17)20/h4-11,15,20-21,23H,12-14H2,1-3H3,(H,27,33)(H,28,29)(H,30,31)/t21?,23-/m0/s1. The highest BCUT2D eigenvalue weighted by Gasteiger charge is 2.30. The Balaban J connectivity index is 1.56. The fraction of sp³-hybridized carbons (Fsp3) is 0.385. The number of benzene rings is 2. The van der Waals surface area contributed by atoms with Crippen molar-refractivity contribution in [2.45, 2.75) is 44.7 Å². The second kappa shape index (κ2) is 11.5. The number of hydrogen-bond donors (Lipinski definition) is 3. The summed E-state index contributed by atoms with van der Waals surface area (Å²) in [7, 11) is 1.22. The smallest absolute Gasteiger partial charge is 0.407 e. The van der Waals surface area contributed by atoms with E-state index in [1.807, 2.05) is 48.5 Å². The molecular formula is C26H30N2O7.